The molecule has 4 rings (SSSR count). The highest BCUT2D eigenvalue weighted by Crippen LogP contribution is 2.41. The number of tetrazole rings is 1. The summed E-state index contributed by atoms with van der Waals surface area (Å²) < 4.78 is 1.67. The number of carbonyl (C=O) groups is 3. The summed E-state index contributed by atoms with van der Waals surface area (Å²) in [6.45, 7) is 1.36. The van der Waals surface area contributed by atoms with E-state index in [1.54, 1.807) is 10.1 Å². The van der Waals surface area contributed by atoms with E-state index in [-0.39, 0.29) is 30.4 Å². The quantitative estimate of drug-likeness (QED) is 0.192. The van der Waals surface area contributed by atoms with Crippen molar-refractivity contribution in [1.29, 1.82) is 0 Å². The number of β-lactam (4-membered cyclic amide) rings is 1. The van der Waals surface area contributed by atoms with Crippen LogP contribution in [-0.2, 0) is 27.3 Å². The largest absolute Gasteiger partial charge is 1.00 e. The van der Waals surface area contributed by atoms with Gasteiger partial charge in [-0.2, -0.15) is 0 Å². The van der Waals surface area contributed by atoms with Crippen molar-refractivity contribution in [3.8, 4) is 0 Å². The van der Waals surface area contributed by atoms with E-state index in [4.69, 9.17) is 5.73 Å². The van der Waals surface area contributed by atoms with Crippen molar-refractivity contribution in [1.82, 2.24) is 40.3 Å². The number of aromatic nitrogens is 5. The summed E-state index contributed by atoms with van der Waals surface area (Å²) in [7, 11) is 3.90. The van der Waals surface area contributed by atoms with E-state index in [0.29, 0.717) is 39.6 Å². The molecule has 2 unspecified atom stereocenters. The topological polar surface area (TPSA) is 172 Å². The number of fused-ring (bicyclic) bond motifs is 1. The van der Waals surface area contributed by atoms with Crippen LogP contribution in [0.15, 0.2) is 21.8 Å². The Kier molecular flexibility index (Phi) is 8.98. The molecule has 13 nitrogen and oxygen atoms in total. The first-order chi connectivity index (χ1) is 16.2. The third-order valence-electron chi connectivity index (χ3n) is 5.11. The minimum absolute atomic E-state index is 0. The van der Waals surface area contributed by atoms with Crippen molar-refractivity contribution in [2.24, 2.45) is 0 Å². The molecular formula is C18H23ClN9O4S3-. The fourth-order valence-corrected chi connectivity index (χ4v) is 6.42. The van der Waals surface area contributed by atoms with Crippen molar-refractivity contribution in [3.63, 3.8) is 0 Å². The van der Waals surface area contributed by atoms with Gasteiger partial charge in [-0.3, -0.25) is 14.5 Å². The maximum Gasteiger partial charge on any atom is 0.352 e. The first kappa shape index (κ1) is 27.2. The molecule has 2 aromatic rings. The highest BCUT2D eigenvalue weighted by molar-refractivity contribution is 8.01. The number of thiazole rings is 1. The predicted octanol–water partition coefficient (Wildman–Crippen LogP) is -3.65. The van der Waals surface area contributed by atoms with Gasteiger partial charge in [0, 0.05) is 23.4 Å². The normalized spacial score (nSPS) is 19.3. The number of hydrogen-bond donors (Lipinski definition) is 3. The molecule has 2 aromatic heterocycles. The predicted molar refractivity (Wildman–Crippen MR) is 127 cm³/mol. The zero-order valence-corrected chi connectivity index (χ0v) is 22.0. The van der Waals surface area contributed by atoms with Crippen LogP contribution in [0.3, 0.4) is 0 Å². The number of carboxylic acid groups (broad SMARTS) is 1. The molecule has 4 N–H and O–H groups in total. The van der Waals surface area contributed by atoms with Crippen LogP contribution < -0.4 is 23.5 Å². The Hall–Kier alpha value is -2.40. The van der Waals surface area contributed by atoms with Crippen LogP contribution in [0.2, 0.25) is 0 Å². The van der Waals surface area contributed by atoms with Crippen LogP contribution in [0.25, 0.3) is 0 Å². The van der Waals surface area contributed by atoms with Crippen molar-refractivity contribution >= 4 is 57.8 Å². The molecule has 1 fully saturated rings. The van der Waals surface area contributed by atoms with Gasteiger partial charge in [0.05, 0.1) is 18.7 Å². The Bertz CT molecular complexity index is 1140. The number of nitrogens with two attached hydrogens (primary N) is 1. The van der Waals surface area contributed by atoms with E-state index in [0.717, 1.165) is 6.54 Å². The molecule has 0 spiro atoms. The van der Waals surface area contributed by atoms with Gasteiger partial charge in [-0.25, -0.2) is 14.5 Å². The number of hydrogen-bond acceptors (Lipinski definition) is 12. The second kappa shape index (κ2) is 11.6. The Morgan fingerprint density at radius 2 is 2.17 bits per heavy atom. The van der Waals surface area contributed by atoms with Gasteiger partial charge in [-0.05, 0) is 30.1 Å². The van der Waals surface area contributed by atoms with Gasteiger partial charge in [0.2, 0.25) is 11.1 Å². The monoisotopic (exact) mass is 560 g/mol. The summed E-state index contributed by atoms with van der Waals surface area (Å²) in [5.41, 5.74) is 6.68. The van der Waals surface area contributed by atoms with Gasteiger partial charge in [0.1, 0.15) is 17.1 Å². The maximum absolute atomic E-state index is 12.8. The van der Waals surface area contributed by atoms with Crippen LogP contribution in [0.1, 0.15) is 5.69 Å². The number of rotatable bonds is 10. The Balaban J connectivity index is 0.00000342. The van der Waals surface area contributed by atoms with Crippen LogP contribution in [-0.4, -0.2) is 101 Å². The lowest BCUT2D eigenvalue weighted by molar-refractivity contribution is -0.150. The molecule has 17 heteroatoms. The van der Waals surface area contributed by atoms with Crippen molar-refractivity contribution < 1.29 is 31.9 Å². The smallest absolute Gasteiger partial charge is 0.352 e. The zero-order valence-electron chi connectivity index (χ0n) is 18.8. The molecule has 2 aliphatic heterocycles. The average Bonchev–Trinajstić information content (AvgIpc) is 3.41. The molecule has 2 amide bonds. The van der Waals surface area contributed by atoms with Crippen LogP contribution in [0, 0.1) is 0 Å². The zero-order chi connectivity index (χ0) is 24.4. The number of anilines is 1. The van der Waals surface area contributed by atoms with Gasteiger partial charge < -0.3 is 33.5 Å². The van der Waals surface area contributed by atoms with E-state index >= 15 is 0 Å². The van der Waals surface area contributed by atoms with Crippen LogP contribution in [0.4, 0.5) is 5.13 Å². The van der Waals surface area contributed by atoms with Gasteiger partial charge in [-0.1, -0.05) is 11.8 Å². The minimum Gasteiger partial charge on any atom is -1.00 e. The van der Waals surface area contributed by atoms with Crippen LogP contribution >= 0.6 is 34.9 Å². The lowest BCUT2D eigenvalue weighted by Crippen LogP contribution is -3.00. The lowest BCUT2D eigenvalue weighted by Gasteiger charge is -2.49. The number of carbonyl (C=O) groups excluding carboxylic acids is 2. The van der Waals surface area contributed by atoms with E-state index < -0.39 is 23.3 Å². The number of nitrogens with one attached hydrogen (secondary N) is 1. The fourth-order valence-electron chi connectivity index (χ4n) is 3.47. The van der Waals surface area contributed by atoms with E-state index in [1.165, 1.54) is 39.8 Å². The summed E-state index contributed by atoms with van der Waals surface area (Å²) in [5, 5.41) is 26.4. The summed E-state index contributed by atoms with van der Waals surface area (Å²) >= 11 is 3.98. The number of nitrogen functional groups attached to an aromatic ring is 1. The number of amides is 2. The van der Waals surface area contributed by atoms with E-state index in [1.807, 2.05) is 19.0 Å². The van der Waals surface area contributed by atoms with Crippen molar-refractivity contribution in [2.45, 2.75) is 29.5 Å². The number of carboxylic acids is 1. The second-order valence-corrected chi connectivity index (χ2v) is 10.8. The van der Waals surface area contributed by atoms with E-state index in [9.17, 15) is 19.5 Å². The summed E-state index contributed by atoms with van der Waals surface area (Å²) in [4.78, 5) is 44.5. The van der Waals surface area contributed by atoms with Crippen molar-refractivity contribution in [2.75, 3.05) is 37.9 Å². The summed E-state index contributed by atoms with van der Waals surface area (Å²) in [6.07, 6.45) is 0.000917. The number of nitrogens with zero attached hydrogens (tertiary/aromatic N) is 7. The highest BCUT2D eigenvalue weighted by atomic mass is 35.5. The Morgan fingerprint density at radius 3 is 2.83 bits per heavy atom. The molecule has 0 bridgehead atoms. The molecule has 35 heavy (non-hydrogen) atoms. The number of likely N-dealkylation sites (N-methyl/N-ethyl adjacent to an activating group) is 1. The molecule has 2 atom stereocenters. The molecule has 0 radical (unpaired) electrons. The first-order valence-electron chi connectivity index (χ1n) is 10.2. The average molecular weight is 561 g/mol. The third kappa shape index (κ3) is 6.06. The highest BCUT2D eigenvalue weighted by Gasteiger charge is 2.54. The second-order valence-electron chi connectivity index (χ2n) is 7.84. The van der Waals surface area contributed by atoms with Gasteiger partial charge in [0.25, 0.3) is 5.91 Å². The van der Waals surface area contributed by atoms with Crippen molar-refractivity contribution in [3.05, 3.63) is 22.3 Å². The molecule has 0 aromatic carbocycles. The molecular weight excluding hydrogens is 538 g/mol. The standard InChI is InChI=1S/C18H23N9O4S3.ClH/c1-25(2)3-4-26-18(22-23-24-26)34-7-9-6-32-15-12(14(29)27(15)13(9)16(30)31)21-11(28)5-10-8-33-17(19)20-10;/h8,12,15H,3-7H2,1-2H3,(H2,19,20)(H,21,28)(H,30,31);1H/p-1. The summed E-state index contributed by atoms with van der Waals surface area (Å²) in [5.74, 6) is -1.24. The Labute approximate surface area is 219 Å². The first-order valence-corrected chi connectivity index (χ1v) is 13.1. The summed E-state index contributed by atoms with van der Waals surface area (Å²) in [6, 6.07) is -0.782. The fraction of sp³-hybridized carbons (Fsp3) is 0.500. The van der Waals surface area contributed by atoms with E-state index in [2.05, 4.69) is 25.8 Å². The molecule has 4 heterocycles. The van der Waals surface area contributed by atoms with Crippen LogP contribution in [0.5, 0.6) is 0 Å². The SMILES string of the molecule is CN(C)CCn1nnnc1SCC1=C(C(=O)O)N2C(=O)C(NC(=O)Cc3csc(N)n3)C2SC1.[Cl-]. The minimum atomic E-state index is -1.18. The molecule has 2 aliphatic rings. The molecule has 0 aliphatic carbocycles. The molecule has 1 saturated heterocycles. The lowest BCUT2D eigenvalue weighted by atomic mass is 10.0. The molecule has 0 saturated carbocycles. The molecule has 190 valence electrons. The third-order valence-corrected chi connectivity index (χ3v) is 8.22. The number of thioether (sulfide) groups is 2. The van der Waals surface area contributed by atoms with Gasteiger partial charge >= 0.3 is 5.97 Å². The maximum atomic E-state index is 12.8. The number of aliphatic carboxylic acids is 1. The Morgan fingerprint density at radius 1 is 1.40 bits per heavy atom. The van der Waals surface area contributed by atoms with Gasteiger partial charge in [-0.15, -0.1) is 28.2 Å². The van der Waals surface area contributed by atoms with Gasteiger partial charge in [0.15, 0.2) is 5.13 Å². The number of halogens is 1.